The largest absolute Gasteiger partial charge is 0.306 e. The molecule has 29 heavy (non-hydrogen) atoms. The molecule has 0 saturated heterocycles. The number of amides is 1. The molecule has 0 saturated carbocycles. The Balaban J connectivity index is 1.55. The van der Waals surface area contributed by atoms with Crippen molar-refractivity contribution in [2.75, 3.05) is 5.32 Å². The number of aromatic nitrogens is 2. The van der Waals surface area contributed by atoms with Crippen molar-refractivity contribution < 1.29 is 13.4 Å². The van der Waals surface area contributed by atoms with Gasteiger partial charge in [0.1, 0.15) is 11.6 Å². The molecule has 1 aromatic heterocycles. The van der Waals surface area contributed by atoms with Gasteiger partial charge in [0.2, 0.25) is 0 Å². The maximum Gasteiger partial charge on any atom is 0.256 e. The number of rotatable bonds is 3. The van der Waals surface area contributed by atoms with Crippen molar-refractivity contribution in [2.45, 2.75) is 11.5 Å². The number of nitrogens with zero attached hydrogens (tertiary/aromatic N) is 2. The van der Waals surface area contributed by atoms with Crippen LogP contribution in [0.5, 0.6) is 0 Å². The van der Waals surface area contributed by atoms with Gasteiger partial charge in [-0.05, 0) is 47.2 Å². The van der Waals surface area contributed by atoms with Crippen molar-refractivity contribution in [3.8, 4) is 5.69 Å². The first-order valence-electron chi connectivity index (χ1n) is 9.10. The van der Waals surface area contributed by atoms with Crippen LogP contribution in [0.3, 0.4) is 0 Å². The normalized spacial score (nSPS) is 15.4. The molecule has 2 heterocycles. The second-order valence-electron chi connectivity index (χ2n) is 6.91. The summed E-state index contributed by atoms with van der Waals surface area (Å²) in [6.45, 7) is 0. The number of hydrogen-bond acceptors (Lipinski definition) is 3. The van der Waals surface area contributed by atoms with Crippen LogP contribution in [0.1, 0.15) is 21.6 Å². The molecular weight excluding hydrogens is 389 g/mol. The summed E-state index contributed by atoms with van der Waals surface area (Å²) >= 11 is 0. The zero-order valence-corrected chi connectivity index (χ0v) is 16.1. The fourth-order valence-electron chi connectivity index (χ4n) is 3.54. The van der Waals surface area contributed by atoms with Crippen molar-refractivity contribution in [1.82, 2.24) is 9.78 Å². The van der Waals surface area contributed by atoms with Crippen LogP contribution in [-0.2, 0) is 22.3 Å². The van der Waals surface area contributed by atoms with E-state index in [9.17, 15) is 13.4 Å². The highest BCUT2D eigenvalue weighted by molar-refractivity contribution is 7.83. The molecule has 3 aromatic carbocycles. The molecule has 1 N–H and O–H groups in total. The van der Waals surface area contributed by atoms with Gasteiger partial charge in [0.05, 0.1) is 22.9 Å². The van der Waals surface area contributed by atoms with Gasteiger partial charge in [0.25, 0.3) is 5.91 Å². The number of hydrogen-bond donors (Lipinski definition) is 1. The molecule has 1 atom stereocenters. The standard InChI is InChI=1S/C22H16FN3O2S/c23-17-7-9-18(10-8-17)26-21(19-12-29(28)13-20(19)25-26)24-22(27)16-6-5-14-3-1-2-4-15(14)11-16/h1-11H,12-13H2,(H,24,27)/t29-/m0/s1. The first kappa shape index (κ1) is 17.8. The van der Waals surface area contributed by atoms with Gasteiger partial charge in [-0.2, -0.15) is 5.10 Å². The first-order chi connectivity index (χ1) is 14.1. The molecular formula is C22H16FN3O2S. The maximum atomic E-state index is 13.3. The molecule has 0 fully saturated rings. The zero-order chi connectivity index (χ0) is 20.0. The average molecular weight is 405 g/mol. The lowest BCUT2D eigenvalue weighted by atomic mass is 10.1. The third-order valence-corrected chi connectivity index (χ3v) is 6.19. The Morgan fingerprint density at radius 3 is 2.55 bits per heavy atom. The third kappa shape index (κ3) is 3.23. The van der Waals surface area contributed by atoms with Crippen molar-refractivity contribution in [3.05, 3.63) is 89.4 Å². The minimum atomic E-state index is -1.03. The maximum absolute atomic E-state index is 13.3. The Bertz CT molecular complexity index is 1280. The van der Waals surface area contributed by atoms with Crippen molar-refractivity contribution in [2.24, 2.45) is 0 Å². The molecule has 0 bridgehead atoms. The second kappa shape index (κ2) is 6.93. The van der Waals surface area contributed by atoms with Crippen LogP contribution in [0.15, 0.2) is 66.7 Å². The summed E-state index contributed by atoms with van der Waals surface area (Å²) in [6, 6.07) is 19.2. The fraction of sp³-hybridized carbons (Fsp3) is 0.0909. The van der Waals surface area contributed by atoms with Crippen LogP contribution in [0, 0.1) is 5.82 Å². The Kier molecular flexibility index (Phi) is 4.24. The van der Waals surface area contributed by atoms with Crippen molar-refractivity contribution in [3.63, 3.8) is 0 Å². The number of benzene rings is 3. The highest BCUT2D eigenvalue weighted by Gasteiger charge is 2.28. The Morgan fingerprint density at radius 1 is 1.00 bits per heavy atom. The molecule has 1 amide bonds. The van der Waals surface area contributed by atoms with E-state index in [0.29, 0.717) is 34.3 Å². The van der Waals surface area contributed by atoms with Crippen LogP contribution in [0.2, 0.25) is 0 Å². The molecule has 0 unspecified atom stereocenters. The van der Waals surface area contributed by atoms with E-state index in [4.69, 9.17) is 0 Å². The highest BCUT2D eigenvalue weighted by atomic mass is 32.2. The topological polar surface area (TPSA) is 64.0 Å². The summed E-state index contributed by atoms with van der Waals surface area (Å²) in [5.41, 5.74) is 2.60. The van der Waals surface area contributed by atoms with Crippen LogP contribution in [-0.4, -0.2) is 19.9 Å². The molecule has 7 heteroatoms. The molecule has 0 aliphatic carbocycles. The summed E-state index contributed by atoms with van der Waals surface area (Å²) in [7, 11) is -1.03. The van der Waals surface area contributed by atoms with Gasteiger partial charge in [0.15, 0.2) is 0 Å². The fourth-order valence-corrected chi connectivity index (χ4v) is 4.80. The van der Waals surface area contributed by atoms with Gasteiger partial charge in [-0.3, -0.25) is 9.00 Å². The summed E-state index contributed by atoms with van der Waals surface area (Å²) in [4.78, 5) is 13.0. The lowest BCUT2D eigenvalue weighted by molar-refractivity contribution is 0.102. The predicted octanol–water partition coefficient (Wildman–Crippen LogP) is 4.18. The van der Waals surface area contributed by atoms with Crippen LogP contribution in [0.25, 0.3) is 16.5 Å². The van der Waals surface area contributed by atoms with E-state index in [-0.39, 0.29) is 11.7 Å². The SMILES string of the molecule is O=C(Nc1c2c(nn1-c1ccc(F)cc1)C[S@@](=O)C2)c1ccc2ccccc2c1. The van der Waals surface area contributed by atoms with Crippen LogP contribution < -0.4 is 5.32 Å². The van der Waals surface area contributed by atoms with E-state index in [1.807, 2.05) is 36.4 Å². The van der Waals surface area contributed by atoms with E-state index in [0.717, 1.165) is 16.3 Å². The minimum Gasteiger partial charge on any atom is -0.306 e. The zero-order valence-electron chi connectivity index (χ0n) is 15.3. The van der Waals surface area contributed by atoms with Crippen molar-refractivity contribution in [1.29, 1.82) is 0 Å². The quantitative estimate of drug-likeness (QED) is 0.556. The number of nitrogens with one attached hydrogen (secondary N) is 1. The van der Waals surface area contributed by atoms with Crippen LogP contribution >= 0.6 is 0 Å². The van der Waals surface area contributed by atoms with E-state index in [1.54, 1.807) is 22.9 Å². The average Bonchev–Trinajstić information content (AvgIpc) is 3.25. The van der Waals surface area contributed by atoms with E-state index >= 15 is 0 Å². The molecule has 1 aliphatic heterocycles. The van der Waals surface area contributed by atoms with E-state index in [2.05, 4.69) is 10.4 Å². The van der Waals surface area contributed by atoms with Crippen molar-refractivity contribution >= 4 is 33.3 Å². The minimum absolute atomic E-state index is 0.278. The van der Waals surface area contributed by atoms with Crippen LogP contribution in [0.4, 0.5) is 10.2 Å². The molecule has 1 aliphatic rings. The summed E-state index contributed by atoms with van der Waals surface area (Å²) < 4.78 is 26.9. The first-order valence-corrected chi connectivity index (χ1v) is 10.6. The third-order valence-electron chi connectivity index (χ3n) is 4.98. The highest BCUT2D eigenvalue weighted by Crippen LogP contribution is 2.31. The lowest BCUT2D eigenvalue weighted by Crippen LogP contribution is -2.16. The summed E-state index contributed by atoms with van der Waals surface area (Å²) in [5, 5.41) is 9.49. The van der Waals surface area contributed by atoms with Gasteiger partial charge < -0.3 is 5.32 Å². The van der Waals surface area contributed by atoms with E-state index < -0.39 is 10.8 Å². The number of anilines is 1. The Hall–Kier alpha value is -3.32. The number of fused-ring (bicyclic) bond motifs is 2. The molecule has 0 spiro atoms. The molecule has 4 aromatic rings. The van der Waals surface area contributed by atoms with Gasteiger partial charge in [-0.25, -0.2) is 9.07 Å². The van der Waals surface area contributed by atoms with E-state index in [1.165, 1.54) is 12.1 Å². The number of carbonyl (C=O) groups is 1. The molecule has 144 valence electrons. The molecule has 0 radical (unpaired) electrons. The number of halogens is 1. The predicted molar refractivity (Wildman–Crippen MR) is 111 cm³/mol. The smallest absolute Gasteiger partial charge is 0.256 e. The summed E-state index contributed by atoms with van der Waals surface area (Å²) in [5.74, 6) is 0.540. The van der Waals surface area contributed by atoms with Gasteiger partial charge in [-0.1, -0.05) is 30.3 Å². The van der Waals surface area contributed by atoms with Gasteiger partial charge >= 0.3 is 0 Å². The van der Waals surface area contributed by atoms with Gasteiger partial charge in [0, 0.05) is 21.9 Å². The monoisotopic (exact) mass is 405 g/mol. The summed E-state index contributed by atoms with van der Waals surface area (Å²) in [6.07, 6.45) is 0. The lowest BCUT2D eigenvalue weighted by Gasteiger charge is -2.11. The van der Waals surface area contributed by atoms with Gasteiger partial charge in [-0.15, -0.1) is 0 Å². The molecule has 5 rings (SSSR count). The Labute approximate surface area is 168 Å². The Morgan fingerprint density at radius 2 is 1.76 bits per heavy atom. The molecule has 5 nitrogen and oxygen atoms in total. The number of carbonyl (C=O) groups excluding carboxylic acids is 1. The second-order valence-corrected chi connectivity index (χ2v) is 8.36.